The van der Waals surface area contributed by atoms with E-state index in [0.717, 1.165) is 12.1 Å². The monoisotopic (exact) mass is 225 g/mol. The van der Waals surface area contributed by atoms with Gasteiger partial charge in [-0.25, -0.2) is 0 Å². The summed E-state index contributed by atoms with van der Waals surface area (Å²) in [5, 5.41) is 8.72. The van der Waals surface area contributed by atoms with E-state index in [0.29, 0.717) is 16.8 Å². The number of rotatable bonds is 3. The lowest BCUT2D eigenvalue weighted by Gasteiger charge is -2.08. The first-order chi connectivity index (χ1) is 7.29. The van der Waals surface area contributed by atoms with E-state index in [9.17, 15) is 0 Å². The molecule has 0 aromatic carbocycles. The van der Waals surface area contributed by atoms with Crippen LogP contribution in [0.4, 0.5) is 5.69 Å². The molecule has 0 amide bonds. The number of thioether (sulfide) groups is 1. The number of nitrogens with two attached hydrogens (primary N) is 1. The van der Waals surface area contributed by atoms with Crippen molar-refractivity contribution in [2.24, 2.45) is 0 Å². The van der Waals surface area contributed by atoms with Crippen molar-refractivity contribution in [1.82, 2.24) is 10.2 Å². The fourth-order valence-electron chi connectivity index (χ4n) is 1.73. The summed E-state index contributed by atoms with van der Waals surface area (Å²) in [4.78, 5) is 0. The quantitative estimate of drug-likeness (QED) is 0.844. The van der Waals surface area contributed by atoms with Gasteiger partial charge in [-0.05, 0) is 24.7 Å². The SMILES string of the molecule is COc1nnc(CC2CCCS2)cc1N. The normalized spacial score (nSPS) is 20.5. The molecule has 1 aliphatic rings. The molecule has 0 saturated carbocycles. The van der Waals surface area contributed by atoms with Crippen LogP contribution < -0.4 is 10.5 Å². The number of hydrogen-bond acceptors (Lipinski definition) is 5. The number of ether oxygens (including phenoxy) is 1. The molecule has 82 valence electrons. The summed E-state index contributed by atoms with van der Waals surface area (Å²) < 4.78 is 4.97. The number of anilines is 1. The fourth-order valence-corrected chi connectivity index (χ4v) is 3.02. The second kappa shape index (κ2) is 4.70. The predicted molar refractivity (Wildman–Crippen MR) is 62.2 cm³/mol. The second-order valence-electron chi connectivity index (χ2n) is 3.64. The standard InChI is InChI=1S/C10H15N3OS/c1-14-10-9(11)6-7(12-13-10)5-8-3-2-4-15-8/h6,8H,2-5H2,1H3,(H2,11,12). The van der Waals surface area contributed by atoms with Crippen LogP contribution in [0.5, 0.6) is 5.88 Å². The van der Waals surface area contributed by atoms with Gasteiger partial charge in [0.2, 0.25) is 0 Å². The van der Waals surface area contributed by atoms with E-state index >= 15 is 0 Å². The van der Waals surface area contributed by atoms with E-state index in [-0.39, 0.29) is 0 Å². The first-order valence-corrected chi connectivity index (χ1v) is 6.12. The number of hydrogen-bond donors (Lipinski definition) is 1. The average Bonchev–Trinajstić information content (AvgIpc) is 2.71. The summed E-state index contributed by atoms with van der Waals surface area (Å²) in [6, 6.07) is 1.87. The van der Waals surface area contributed by atoms with Crippen molar-refractivity contribution in [3.8, 4) is 5.88 Å². The summed E-state index contributed by atoms with van der Waals surface area (Å²) in [5.74, 6) is 1.68. The van der Waals surface area contributed by atoms with Gasteiger partial charge < -0.3 is 10.5 Å². The Labute approximate surface area is 93.6 Å². The summed E-state index contributed by atoms with van der Waals surface area (Å²) in [6.45, 7) is 0. The van der Waals surface area contributed by atoms with E-state index in [1.54, 1.807) is 7.11 Å². The van der Waals surface area contributed by atoms with Gasteiger partial charge >= 0.3 is 0 Å². The second-order valence-corrected chi connectivity index (χ2v) is 5.05. The molecular formula is C10H15N3OS. The van der Waals surface area contributed by atoms with Crippen LogP contribution in [0.1, 0.15) is 18.5 Å². The number of aromatic nitrogens is 2. The van der Waals surface area contributed by atoms with Gasteiger partial charge in [-0.15, -0.1) is 5.10 Å². The van der Waals surface area contributed by atoms with E-state index in [2.05, 4.69) is 10.2 Å². The lowest BCUT2D eigenvalue weighted by atomic mass is 10.1. The van der Waals surface area contributed by atoms with Crippen LogP contribution in [0.15, 0.2) is 6.07 Å². The molecule has 1 aliphatic heterocycles. The molecule has 0 spiro atoms. The molecule has 2 heterocycles. The Balaban J connectivity index is 2.05. The van der Waals surface area contributed by atoms with Crippen molar-refractivity contribution in [3.05, 3.63) is 11.8 Å². The van der Waals surface area contributed by atoms with Crippen LogP contribution in [-0.2, 0) is 6.42 Å². The lowest BCUT2D eigenvalue weighted by Crippen LogP contribution is -2.07. The number of nitrogen functional groups attached to an aromatic ring is 1. The van der Waals surface area contributed by atoms with Crippen LogP contribution in [-0.4, -0.2) is 28.3 Å². The van der Waals surface area contributed by atoms with Crippen LogP contribution in [0.25, 0.3) is 0 Å². The maximum absolute atomic E-state index is 5.77. The first kappa shape index (κ1) is 10.5. The molecule has 0 bridgehead atoms. The van der Waals surface area contributed by atoms with Gasteiger partial charge in [0.25, 0.3) is 5.88 Å². The van der Waals surface area contributed by atoms with Crippen LogP contribution in [0.2, 0.25) is 0 Å². The Bertz CT molecular complexity index is 339. The molecule has 1 unspecified atom stereocenters. The van der Waals surface area contributed by atoms with Crippen molar-refractivity contribution < 1.29 is 4.74 Å². The number of nitrogens with zero attached hydrogens (tertiary/aromatic N) is 2. The largest absolute Gasteiger partial charge is 0.478 e. The first-order valence-electron chi connectivity index (χ1n) is 5.07. The van der Waals surface area contributed by atoms with Crippen molar-refractivity contribution in [3.63, 3.8) is 0 Å². The van der Waals surface area contributed by atoms with E-state index < -0.39 is 0 Å². The van der Waals surface area contributed by atoms with Crippen LogP contribution in [0, 0.1) is 0 Å². The summed E-state index contributed by atoms with van der Waals surface area (Å²) >= 11 is 2.01. The molecule has 1 saturated heterocycles. The Hall–Kier alpha value is -0.970. The molecular weight excluding hydrogens is 210 g/mol. The zero-order valence-corrected chi connectivity index (χ0v) is 9.59. The maximum Gasteiger partial charge on any atom is 0.256 e. The Morgan fingerprint density at radius 2 is 2.47 bits per heavy atom. The summed E-state index contributed by atoms with van der Waals surface area (Å²) in [5.41, 5.74) is 7.31. The molecule has 15 heavy (non-hydrogen) atoms. The maximum atomic E-state index is 5.77. The fraction of sp³-hybridized carbons (Fsp3) is 0.600. The summed E-state index contributed by atoms with van der Waals surface area (Å²) in [7, 11) is 1.55. The highest BCUT2D eigenvalue weighted by Crippen LogP contribution is 2.29. The highest BCUT2D eigenvalue weighted by atomic mass is 32.2. The average molecular weight is 225 g/mol. The van der Waals surface area contributed by atoms with Gasteiger partial charge in [-0.3, -0.25) is 0 Å². The van der Waals surface area contributed by atoms with Gasteiger partial charge in [-0.1, -0.05) is 0 Å². The minimum Gasteiger partial charge on any atom is -0.478 e. The zero-order chi connectivity index (χ0) is 10.7. The third-order valence-electron chi connectivity index (χ3n) is 2.49. The highest BCUT2D eigenvalue weighted by molar-refractivity contribution is 8.00. The molecule has 1 aromatic heterocycles. The molecule has 0 radical (unpaired) electrons. The summed E-state index contributed by atoms with van der Waals surface area (Å²) in [6.07, 6.45) is 3.55. The Kier molecular flexibility index (Phi) is 3.30. The van der Waals surface area contributed by atoms with E-state index in [4.69, 9.17) is 10.5 Å². The van der Waals surface area contributed by atoms with Gasteiger partial charge in [-0.2, -0.15) is 16.9 Å². The van der Waals surface area contributed by atoms with E-state index in [1.807, 2.05) is 17.8 Å². The van der Waals surface area contributed by atoms with Crippen LogP contribution in [0.3, 0.4) is 0 Å². The highest BCUT2D eigenvalue weighted by Gasteiger charge is 2.17. The lowest BCUT2D eigenvalue weighted by molar-refractivity contribution is 0.393. The third-order valence-corrected chi connectivity index (χ3v) is 3.89. The molecule has 0 aliphatic carbocycles. The molecule has 1 aromatic rings. The number of methoxy groups -OCH3 is 1. The van der Waals surface area contributed by atoms with Gasteiger partial charge in [0.1, 0.15) is 0 Å². The van der Waals surface area contributed by atoms with Crippen molar-refractivity contribution >= 4 is 17.4 Å². The smallest absolute Gasteiger partial charge is 0.256 e. The Morgan fingerprint density at radius 1 is 1.60 bits per heavy atom. The van der Waals surface area contributed by atoms with E-state index in [1.165, 1.54) is 18.6 Å². The third kappa shape index (κ3) is 2.53. The molecule has 5 heteroatoms. The van der Waals surface area contributed by atoms with Crippen LogP contribution >= 0.6 is 11.8 Å². The molecule has 2 rings (SSSR count). The van der Waals surface area contributed by atoms with Gasteiger partial charge in [0.15, 0.2) is 0 Å². The molecule has 1 fully saturated rings. The van der Waals surface area contributed by atoms with Crippen molar-refractivity contribution in [2.75, 3.05) is 18.6 Å². The molecule has 4 nitrogen and oxygen atoms in total. The zero-order valence-electron chi connectivity index (χ0n) is 8.77. The minimum atomic E-state index is 0.415. The Morgan fingerprint density at radius 3 is 3.07 bits per heavy atom. The van der Waals surface area contributed by atoms with Crippen molar-refractivity contribution in [1.29, 1.82) is 0 Å². The predicted octanol–water partition coefficient (Wildman–Crippen LogP) is 1.51. The van der Waals surface area contributed by atoms with Crippen molar-refractivity contribution in [2.45, 2.75) is 24.5 Å². The molecule has 1 atom stereocenters. The molecule has 2 N–H and O–H groups in total. The van der Waals surface area contributed by atoms with Gasteiger partial charge in [0, 0.05) is 11.7 Å². The van der Waals surface area contributed by atoms with Gasteiger partial charge in [0.05, 0.1) is 18.5 Å². The topological polar surface area (TPSA) is 61.0 Å². The minimum absolute atomic E-state index is 0.415.